The normalized spacial score (nSPS) is 20.9. The first-order chi connectivity index (χ1) is 9.54. The van der Waals surface area contributed by atoms with E-state index in [1.54, 1.807) is 0 Å². The Morgan fingerprint density at radius 3 is 2.50 bits per heavy atom. The van der Waals surface area contributed by atoms with E-state index >= 15 is 0 Å². The number of halogens is 1. The van der Waals surface area contributed by atoms with Gasteiger partial charge in [0, 0.05) is 17.6 Å². The van der Waals surface area contributed by atoms with Crippen molar-refractivity contribution in [1.29, 1.82) is 0 Å². The van der Waals surface area contributed by atoms with Crippen molar-refractivity contribution >= 4 is 23.6 Å². The first-order valence-corrected chi connectivity index (χ1v) is 6.94. The SMILES string of the molecule is O=C(O)CCNC(=O)NC1CC(c2ccc(Cl)cc2)C1. The van der Waals surface area contributed by atoms with E-state index in [1.165, 1.54) is 5.56 Å². The molecule has 5 nitrogen and oxygen atoms in total. The first kappa shape index (κ1) is 14.7. The zero-order chi connectivity index (χ0) is 14.5. The van der Waals surface area contributed by atoms with E-state index in [4.69, 9.17) is 16.7 Å². The van der Waals surface area contributed by atoms with E-state index in [1.807, 2.05) is 24.3 Å². The minimum atomic E-state index is -0.920. The number of nitrogens with one attached hydrogen (secondary N) is 2. The molecule has 0 saturated heterocycles. The molecule has 1 fully saturated rings. The van der Waals surface area contributed by atoms with Crippen LogP contribution in [-0.4, -0.2) is 29.7 Å². The van der Waals surface area contributed by atoms with E-state index in [0.717, 1.165) is 17.9 Å². The molecule has 0 spiro atoms. The van der Waals surface area contributed by atoms with Gasteiger partial charge in [-0.05, 0) is 36.5 Å². The molecule has 0 bridgehead atoms. The number of amides is 2. The summed E-state index contributed by atoms with van der Waals surface area (Å²) in [6.45, 7) is 0.147. The van der Waals surface area contributed by atoms with Gasteiger partial charge >= 0.3 is 12.0 Å². The fraction of sp³-hybridized carbons (Fsp3) is 0.429. The van der Waals surface area contributed by atoms with Crippen LogP contribution in [0.4, 0.5) is 4.79 Å². The minimum Gasteiger partial charge on any atom is -0.481 e. The van der Waals surface area contributed by atoms with E-state index in [2.05, 4.69) is 10.6 Å². The van der Waals surface area contributed by atoms with Crippen LogP contribution in [0.2, 0.25) is 5.02 Å². The molecule has 2 amide bonds. The third kappa shape index (κ3) is 4.13. The molecule has 3 N–H and O–H groups in total. The number of hydrogen-bond acceptors (Lipinski definition) is 2. The van der Waals surface area contributed by atoms with Crippen molar-refractivity contribution in [3.05, 3.63) is 34.9 Å². The number of carboxylic acid groups (broad SMARTS) is 1. The molecule has 0 heterocycles. The lowest BCUT2D eigenvalue weighted by Gasteiger charge is -2.36. The van der Waals surface area contributed by atoms with Gasteiger partial charge in [-0.3, -0.25) is 4.79 Å². The molecule has 0 aliphatic heterocycles. The first-order valence-electron chi connectivity index (χ1n) is 6.56. The molecule has 0 atom stereocenters. The zero-order valence-electron chi connectivity index (χ0n) is 10.9. The Hall–Kier alpha value is -1.75. The maximum atomic E-state index is 11.5. The number of urea groups is 1. The lowest BCUT2D eigenvalue weighted by atomic mass is 9.76. The molecule has 2 rings (SSSR count). The lowest BCUT2D eigenvalue weighted by molar-refractivity contribution is -0.136. The highest BCUT2D eigenvalue weighted by Crippen LogP contribution is 2.37. The number of carbonyl (C=O) groups excluding carboxylic acids is 1. The summed E-state index contributed by atoms with van der Waals surface area (Å²) in [7, 11) is 0. The van der Waals surface area contributed by atoms with Gasteiger partial charge in [-0.1, -0.05) is 23.7 Å². The molecular weight excluding hydrogens is 280 g/mol. The van der Waals surface area contributed by atoms with E-state index < -0.39 is 5.97 Å². The summed E-state index contributed by atoms with van der Waals surface area (Å²) in [4.78, 5) is 21.8. The highest BCUT2D eigenvalue weighted by molar-refractivity contribution is 6.30. The Bertz CT molecular complexity index is 484. The summed E-state index contributed by atoms with van der Waals surface area (Å²) in [6, 6.07) is 7.62. The van der Waals surface area contributed by atoms with Gasteiger partial charge in [0.25, 0.3) is 0 Å². The van der Waals surface area contributed by atoms with Crippen LogP contribution in [0.5, 0.6) is 0 Å². The molecule has 1 aliphatic carbocycles. The van der Waals surface area contributed by atoms with E-state index in [9.17, 15) is 9.59 Å². The number of aliphatic carboxylic acids is 1. The molecule has 0 radical (unpaired) electrons. The number of carboxylic acids is 1. The molecule has 1 aliphatic rings. The van der Waals surface area contributed by atoms with Gasteiger partial charge < -0.3 is 15.7 Å². The van der Waals surface area contributed by atoms with Crippen LogP contribution < -0.4 is 10.6 Å². The zero-order valence-corrected chi connectivity index (χ0v) is 11.7. The van der Waals surface area contributed by atoms with Gasteiger partial charge in [0.2, 0.25) is 0 Å². The second-order valence-corrected chi connectivity index (χ2v) is 5.40. The van der Waals surface area contributed by atoms with Crippen LogP contribution in [0.15, 0.2) is 24.3 Å². The summed E-state index contributed by atoms with van der Waals surface area (Å²) in [6.07, 6.45) is 1.73. The highest BCUT2D eigenvalue weighted by Gasteiger charge is 2.31. The quantitative estimate of drug-likeness (QED) is 0.780. The van der Waals surface area contributed by atoms with Gasteiger partial charge in [-0.25, -0.2) is 4.79 Å². The third-order valence-electron chi connectivity index (χ3n) is 3.44. The van der Waals surface area contributed by atoms with Crippen molar-refractivity contribution in [1.82, 2.24) is 10.6 Å². The standard InChI is InChI=1S/C14H17ClN2O3/c15-11-3-1-9(2-4-11)10-7-12(8-10)17-14(20)16-6-5-13(18)19/h1-4,10,12H,5-8H2,(H,18,19)(H2,16,17,20). The topological polar surface area (TPSA) is 78.4 Å². The van der Waals surface area contributed by atoms with Gasteiger partial charge in [-0.15, -0.1) is 0 Å². The summed E-state index contributed by atoms with van der Waals surface area (Å²) >= 11 is 5.84. The second kappa shape index (κ2) is 6.61. The fourth-order valence-electron chi connectivity index (χ4n) is 2.26. The average molecular weight is 297 g/mol. The molecule has 1 aromatic rings. The van der Waals surface area contributed by atoms with Crippen LogP contribution in [-0.2, 0) is 4.79 Å². The third-order valence-corrected chi connectivity index (χ3v) is 3.69. The molecule has 108 valence electrons. The van der Waals surface area contributed by atoms with Crippen LogP contribution in [0.25, 0.3) is 0 Å². The van der Waals surface area contributed by atoms with E-state index in [0.29, 0.717) is 5.92 Å². The predicted molar refractivity (Wildman–Crippen MR) is 76.0 cm³/mol. The van der Waals surface area contributed by atoms with Crippen molar-refractivity contribution < 1.29 is 14.7 Å². The Kier molecular flexibility index (Phi) is 4.84. The number of carbonyl (C=O) groups is 2. The van der Waals surface area contributed by atoms with Crippen molar-refractivity contribution in [2.75, 3.05) is 6.54 Å². The number of rotatable bonds is 5. The highest BCUT2D eigenvalue weighted by atomic mass is 35.5. The molecular formula is C14H17ClN2O3. The smallest absolute Gasteiger partial charge is 0.315 e. The Labute approximate surface area is 122 Å². The summed E-state index contributed by atoms with van der Waals surface area (Å²) < 4.78 is 0. The molecule has 1 aromatic carbocycles. The average Bonchev–Trinajstić information content (AvgIpc) is 2.34. The van der Waals surface area contributed by atoms with Crippen LogP contribution in [0, 0.1) is 0 Å². The van der Waals surface area contributed by atoms with Crippen molar-refractivity contribution in [2.45, 2.75) is 31.2 Å². The number of hydrogen-bond donors (Lipinski definition) is 3. The monoisotopic (exact) mass is 296 g/mol. The summed E-state index contributed by atoms with van der Waals surface area (Å²) in [5.41, 5.74) is 1.23. The van der Waals surface area contributed by atoms with Gasteiger partial charge in [-0.2, -0.15) is 0 Å². The van der Waals surface area contributed by atoms with Crippen molar-refractivity contribution in [3.63, 3.8) is 0 Å². The summed E-state index contributed by atoms with van der Waals surface area (Å²) in [5, 5.41) is 14.5. The maximum Gasteiger partial charge on any atom is 0.315 e. The van der Waals surface area contributed by atoms with E-state index in [-0.39, 0.29) is 25.0 Å². The Morgan fingerprint density at radius 1 is 1.25 bits per heavy atom. The Balaban J connectivity index is 1.67. The van der Waals surface area contributed by atoms with Crippen LogP contribution >= 0.6 is 11.6 Å². The molecule has 0 aromatic heterocycles. The summed E-state index contributed by atoms with van der Waals surface area (Å²) in [5.74, 6) is -0.465. The van der Waals surface area contributed by atoms with Crippen molar-refractivity contribution in [3.8, 4) is 0 Å². The van der Waals surface area contributed by atoms with Crippen LogP contribution in [0.1, 0.15) is 30.7 Å². The molecule has 20 heavy (non-hydrogen) atoms. The largest absolute Gasteiger partial charge is 0.481 e. The van der Waals surface area contributed by atoms with Gasteiger partial charge in [0.05, 0.1) is 6.42 Å². The Morgan fingerprint density at radius 2 is 1.90 bits per heavy atom. The van der Waals surface area contributed by atoms with Gasteiger partial charge in [0.15, 0.2) is 0 Å². The second-order valence-electron chi connectivity index (χ2n) is 4.96. The van der Waals surface area contributed by atoms with Gasteiger partial charge in [0.1, 0.15) is 0 Å². The fourth-order valence-corrected chi connectivity index (χ4v) is 2.39. The molecule has 1 saturated carbocycles. The van der Waals surface area contributed by atoms with Crippen LogP contribution in [0.3, 0.4) is 0 Å². The molecule has 0 unspecified atom stereocenters. The van der Waals surface area contributed by atoms with Crippen molar-refractivity contribution in [2.24, 2.45) is 0 Å². The maximum absolute atomic E-state index is 11.5. The number of benzene rings is 1. The minimum absolute atomic E-state index is 0.0640. The predicted octanol–water partition coefficient (Wildman–Crippen LogP) is 2.36. The lowest BCUT2D eigenvalue weighted by Crippen LogP contribution is -2.48. The molecule has 6 heteroatoms.